The summed E-state index contributed by atoms with van der Waals surface area (Å²) in [5.41, 5.74) is 1.59. The monoisotopic (exact) mass is 1340 g/mol. The summed E-state index contributed by atoms with van der Waals surface area (Å²) >= 11 is 0. The molecule has 3 saturated heterocycles. The highest BCUT2D eigenvalue weighted by Crippen LogP contribution is 2.43. The molecular formula is C73H90F2N10O12. The molecule has 10 rings (SSSR count). The van der Waals surface area contributed by atoms with Gasteiger partial charge >= 0.3 is 12.2 Å². The van der Waals surface area contributed by atoms with E-state index in [1.54, 1.807) is 98.2 Å². The molecule has 0 radical (unpaired) electrons. The first-order chi connectivity index (χ1) is 45.9. The van der Waals surface area contributed by atoms with Crippen molar-refractivity contribution in [1.82, 2.24) is 29.8 Å². The normalized spacial score (nSPS) is 21.4. The molecule has 24 heteroatoms. The number of ether oxygens (including phenoxy) is 4. The standard InChI is InChI=1S/C73H90F2N10O12/c1-44-37-82(55(39-81-30-33-95-42-45(81)2)40-83(44)70(93)97-72(7,8)9)41-61(86)85-43-73(10,57-26-18-48(35-60(57)85)34-47-16-20-52(74)21-17-47)68(91)77-54-24-22-53(23-25-54)76-65(88)50-19-27-58(75)59(36-50)78-66(89)63-56-15-13-12-14-51(56)38-84(63)67(90)62(49-28-31-94-32-29-49)79-64(87)46(3)80(11)69(92)96-71(4,5)6/h12-27,35-36,44-46,49,55,62-63H,28-34,37-43H2,1-11H3,(H,76,88)(H,77,91)(H,78,89)(H,79,87)/t44-,45-,46+,55+,62+,63+,73?/m1/s1. The molecule has 0 aromatic heterocycles. The molecule has 22 nitrogen and oxygen atoms in total. The van der Waals surface area contributed by atoms with E-state index in [2.05, 4.69) is 38.0 Å². The lowest BCUT2D eigenvalue weighted by Gasteiger charge is -2.47. The Labute approximate surface area is 565 Å². The number of carbonyl (C=O) groups excluding carboxylic acids is 8. The predicted molar refractivity (Wildman–Crippen MR) is 362 cm³/mol. The minimum atomic E-state index is -1.28. The maximum atomic E-state index is 15.9. The van der Waals surface area contributed by atoms with Crippen molar-refractivity contribution in [3.63, 3.8) is 0 Å². The minimum Gasteiger partial charge on any atom is -0.444 e. The summed E-state index contributed by atoms with van der Waals surface area (Å²) in [7, 11) is 1.43. The van der Waals surface area contributed by atoms with Gasteiger partial charge in [-0.15, -0.1) is 0 Å². The molecule has 97 heavy (non-hydrogen) atoms. The third kappa shape index (κ3) is 16.8. The van der Waals surface area contributed by atoms with Gasteiger partial charge in [-0.1, -0.05) is 48.5 Å². The van der Waals surface area contributed by atoms with E-state index >= 15 is 9.18 Å². The summed E-state index contributed by atoms with van der Waals surface area (Å²) in [5.74, 6) is -4.85. The van der Waals surface area contributed by atoms with E-state index in [0.717, 1.165) is 22.1 Å². The van der Waals surface area contributed by atoms with Gasteiger partial charge in [0, 0.05) is 100 Å². The predicted octanol–water partition coefficient (Wildman–Crippen LogP) is 9.27. The molecule has 1 unspecified atom stereocenters. The second-order valence-corrected chi connectivity index (χ2v) is 28.4. The smallest absolute Gasteiger partial charge is 0.410 e. The average Bonchev–Trinajstić information content (AvgIpc) is 1.61. The maximum Gasteiger partial charge on any atom is 0.410 e. The van der Waals surface area contributed by atoms with Crippen molar-refractivity contribution in [3.8, 4) is 0 Å². The lowest BCUT2D eigenvalue weighted by molar-refractivity contribution is -0.144. The molecule has 7 atom stereocenters. The zero-order valence-corrected chi connectivity index (χ0v) is 57.2. The quantitative estimate of drug-likeness (QED) is 0.0679. The highest BCUT2D eigenvalue weighted by Gasteiger charge is 2.49. The Morgan fingerprint density at radius 2 is 1.40 bits per heavy atom. The first-order valence-electron chi connectivity index (χ1n) is 33.2. The van der Waals surface area contributed by atoms with Crippen molar-refractivity contribution in [2.45, 2.75) is 148 Å². The largest absolute Gasteiger partial charge is 0.444 e. The Morgan fingerprint density at radius 1 is 0.732 bits per heavy atom. The fraction of sp³-hybridized carbons (Fsp3) is 0.479. The van der Waals surface area contributed by atoms with E-state index in [4.69, 9.17) is 18.9 Å². The van der Waals surface area contributed by atoms with Crippen molar-refractivity contribution in [1.29, 1.82) is 0 Å². The van der Waals surface area contributed by atoms with Crippen LogP contribution in [0.5, 0.6) is 0 Å². The second kappa shape index (κ2) is 29.5. The third-order valence-electron chi connectivity index (χ3n) is 18.8. The van der Waals surface area contributed by atoms with Crippen LogP contribution in [0.15, 0.2) is 109 Å². The van der Waals surface area contributed by atoms with Crippen LogP contribution in [0, 0.1) is 17.6 Å². The molecule has 5 aromatic rings. The average molecular weight is 1340 g/mol. The van der Waals surface area contributed by atoms with Crippen LogP contribution in [0.2, 0.25) is 0 Å². The first kappa shape index (κ1) is 70.9. The van der Waals surface area contributed by atoms with Gasteiger partial charge in [0.05, 0.1) is 30.9 Å². The number of nitrogens with one attached hydrogen (secondary N) is 4. The molecule has 0 saturated carbocycles. The molecule has 5 aliphatic heterocycles. The van der Waals surface area contributed by atoms with E-state index in [1.165, 1.54) is 43.1 Å². The van der Waals surface area contributed by atoms with E-state index in [-0.39, 0.29) is 60.7 Å². The summed E-state index contributed by atoms with van der Waals surface area (Å²) in [6, 6.07) is 24.9. The van der Waals surface area contributed by atoms with Crippen molar-refractivity contribution < 1.29 is 66.1 Å². The van der Waals surface area contributed by atoms with E-state index < -0.39 is 88.2 Å². The highest BCUT2D eigenvalue weighted by atomic mass is 19.1. The van der Waals surface area contributed by atoms with Gasteiger partial charge in [0.25, 0.3) is 11.8 Å². The SMILES string of the molecule is C[C@@H]1COCCN1C[C@H]1CN(C(=O)OC(C)(C)C)[C@H](C)CN1CC(=O)N1CC(C)(C(=O)Nc2ccc(NC(=O)c3ccc(F)c(NC(=O)[C@@H]4c5ccccc5CN4C(=O)[C@@H](NC(=O)[C@H](C)N(C)C(=O)OC(C)(C)C)C4CCOCC4)c3)cc2)c2ccc(Cc3ccc(F)cc3)cc21. The molecule has 4 N–H and O–H groups in total. The molecule has 0 aliphatic carbocycles. The van der Waals surface area contributed by atoms with E-state index in [0.29, 0.717) is 106 Å². The van der Waals surface area contributed by atoms with E-state index in [9.17, 15) is 38.0 Å². The molecule has 0 bridgehead atoms. The van der Waals surface area contributed by atoms with Crippen LogP contribution in [0.4, 0.5) is 41.1 Å². The van der Waals surface area contributed by atoms with Crippen LogP contribution in [-0.2, 0) is 61.3 Å². The molecule has 5 heterocycles. The Bertz CT molecular complexity index is 3760. The maximum absolute atomic E-state index is 15.9. The number of carbonyl (C=O) groups is 8. The Balaban J connectivity index is 0.829. The van der Waals surface area contributed by atoms with E-state index in [1.807, 2.05) is 45.9 Å². The van der Waals surface area contributed by atoms with Crippen LogP contribution in [0.25, 0.3) is 0 Å². The Kier molecular flexibility index (Phi) is 21.6. The van der Waals surface area contributed by atoms with Gasteiger partial charge in [-0.25, -0.2) is 18.4 Å². The lowest BCUT2D eigenvalue weighted by atomic mass is 9.83. The molecule has 5 aromatic carbocycles. The van der Waals surface area contributed by atoms with Crippen molar-refractivity contribution in [3.05, 3.63) is 154 Å². The molecular weight excluding hydrogens is 1250 g/mol. The fourth-order valence-corrected chi connectivity index (χ4v) is 13.2. The summed E-state index contributed by atoms with van der Waals surface area (Å²) in [4.78, 5) is 125. The Morgan fingerprint density at radius 3 is 2.08 bits per heavy atom. The number of amides is 8. The van der Waals surface area contributed by atoms with Crippen molar-refractivity contribution in [2.24, 2.45) is 5.92 Å². The van der Waals surface area contributed by atoms with Crippen LogP contribution in [-0.4, -0.2) is 186 Å². The fourth-order valence-electron chi connectivity index (χ4n) is 13.2. The second-order valence-electron chi connectivity index (χ2n) is 28.4. The lowest BCUT2D eigenvalue weighted by Crippen LogP contribution is -2.64. The highest BCUT2D eigenvalue weighted by molar-refractivity contribution is 6.08. The number of benzene rings is 5. The number of rotatable bonds is 17. The molecule has 8 amide bonds. The van der Waals surface area contributed by atoms with Crippen LogP contribution in [0.3, 0.4) is 0 Å². The molecule has 518 valence electrons. The third-order valence-corrected chi connectivity index (χ3v) is 18.8. The number of morpholine rings is 1. The van der Waals surface area contributed by atoms with Crippen molar-refractivity contribution >= 4 is 70.4 Å². The molecule has 3 fully saturated rings. The van der Waals surface area contributed by atoms with Gasteiger partial charge in [0.1, 0.15) is 41.0 Å². The summed E-state index contributed by atoms with van der Waals surface area (Å²) in [5, 5.41) is 11.4. The number of nitrogens with zero attached hydrogens (tertiary/aromatic N) is 6. The zero-order chi connectivity index (χ0) is 69.8. The number of halogens is 2. The number of hydrogen-bond donors (Lipinski definition) is 4. The van der Waals surface area contributed by atoms with Gasteiger partial charge < -0.3 is 54.9 Å². The van der Waals surface area contributed by atoms with Crippen LogP contribution in [0.1, 0.15) is 126 Å². The number of fused-ring (bicyclic) bond motifs is 2. The van der Waals surface area contributed by atoms with Gasteiger partial charge in [-0.3, -0.25) is 43.5 Å². The topological polar surface area (TPSA) is 241 Å². The summed E-state index contributed by atoms with van der Waals surface area (Å²) < 4.78 is 52.6. The molecule has 0 spiro atoms. The van der Waals surface area contributed by atoms with Gasteiger partial charge in [-0.05, 0) is 183 Å². The Hall–Kier alpha value is -8.84. The zero-order valence-electron chi connectivity index (χ0n) is 57.2. The van der Waals surface area contributed by atoms with Gasteiger partial charge in [-0.2, -0.15) is 0 Å². The molecule has 5 aliphatic rings. The number of piperazine rings is 1. The first-order valence-corrected chi connectivity index (χ1v) is 33.2. The summed E-state index contributed by atoms with van der Waals surface area (Å²) in [6.45, 7) is 21.7. The number of likely N-dealkylation sites (N-methyl/N-ethyl adjacent to an activating group) is 1. The van der Waals surface area contributed by atoms with Crippen LogP contribution < -0.4 is 26.2 Å². The number of anilines is 4. The van der Waals surface area contributed by atoms with Gasteiger partial charge in [0.2, 0.25) is 23.6 Å². The van der Waals surface area contributed by atoms with Gasteiger partial charge in [0.15, 0.2) is 0 Å². The van der Waals surface area contributed by atoms with Crippen molar-refractivity contribution in [2.75, 3.05) is 93.6 Å². The summed E-state index contributed by atoms with van der Waals surface area (Å²) in [6.07, 6.45) is 0.134. The minimum absolute atomic E-state index is 0.00162. The van der Waals surface area contributed by atoms with Crippen LogP contribution >= 0.6 is 0 Å². The number of hydrogen-bond acceptors (Lipinski definition) is 14.